The minimum absolute atomic E-state index is 0. The third-order valence-electron chi connectivity index (χ3n) is 5.14. The molecule has 0 N–H and O–H groups in total. The first-order valence-corrected chi connectivity index (χ1v) is 11.7. The molecule has 0 radical (unpaired) electrons. The molecule has 1 atom stereocenters. The Labute approximate surface area is 219 Å². The molecule has 2 rings (SSSR count). The summed E-state index contributed by atoms with van der Waals surface area (Å²) in [6.45, 7) is 5.56. The maximum Gasteiger partial charge on any atom is 2.00 e. The van der Waals surface area contributed by atoms with Gasteiger partial charge in [-0.15, -0.1) is 0 Å². The summed E-state index contributed by atoms with van der Waals surface area (Å²) in [4.78, 5) is 25.2. The van der Waals surface area contributed by atoms with Crippen LogP contribution in [0.25, 0.3) is 0 Å². The molecule has 1 heterocycles. The van der Waals surface area contributed by atoms with Crippen LogP contribution in [0.1, 0.15) is 97.3 Å². The predicted octanol–water partition coefficient (Wildman–Crippen LogP) is 2.51. The number of carboxylic acid groups (broad SMARTS) is 2. The number of aliphatic imine (C=N–C) groups is 1. The predicted molar refractivity (Wildman–Crippen MR) is 125 cm³/mol. The van der Waals surface area contributed by atoms with Gasteiger partial charge in [-0.1, -0.05) is 31.4 Å². The Kier molecular flexibility index (Phi) is 25.6. The SMILES string of the molecule is C1=C\CCCC(N2CCCCC/C=N/CCC2)CCCCC/1.CC(=O)[O-].CC(=O)[O-].[Ca+2]. The van der Waals surface area contributed by atoms with Crippen LogP contribution in [-0.2, 0) is 9.59 Å². The molecule has 0 aromatic carbocycles. The van der Waals surface area contributed by atoms with Crippen molar-refractivity contribution in [3.05, 3.63) is 12.2 Å². The van der Waals surface area contributed by atoms with Crippen molar-refractivity contribution in [2.45, 2.75) is 103 Å². The number of carbonyl (C=O) groups excluding carboxylic acids is 2. The Bertz CT molecular complexity index is 446. The van der Waals surface area contributed by atoms with Crippen molar-refractivity contribution in [1.29, 1.82) is 0 Å². The van der Waals surface area contributed by atoms with Crippen LogP contribution in [-0.4, -0.2) is 86.5 Å². The van der Waals surface area contributed by atoms with Crippen molar-refractivity contribution in [1.82, 2.24) is 4.90 Å². The van der Waals surface area contributed by atoms with Crippen LogP contribution >= 0.6 is 0 Å². The van der Waals surface area contributed by atoms with E-state index in [0.29, 0.717) is 0 Å². The van der Waals surface area contributed by atoms with Crippen LogP contribution in [0.4, 0.5) is 0 Å². The van der Waals surface area contributed by atoms with Crippen molar-refractivity contribution in [2.75, 3.05) is 19.6 Å². The molecule has 0 fully saturated rings. The molecule has 31 heavy (non-hydrogen) atoms. The van der Waals surface area contributed by atoms with E-state index in [9.17, 15) is 0 Å². The first kappa shape index (κ1) is 32.7. The Morgan fingerprint density at radius 1 is 0.774 bits per heavy atom. The van der Waals surface area contributed by atoms with Crippen LogP contribution in [0, 0.1) is 0 Å². The number of hydrogen-bond acceptors (Lipinski definition) is 6. The number of carbonyl (C=O) groups is 2. The maximum absolute atomic E-state index is 8.89. The standard InChI is InChI=1S/C20H36N2.2C2H4O2.Ca/c1-2-4-6-10-15-20(14-9-5-3-1)22-18-12-8-7-11-16-21-17-13-19-22;2*1-2(3)4;/h1,3,16,20H,2,4-15,17-19H2;2*1H3,(H,3,4);/q;;;+2/p-2/b3-1-,21-16+;;;. The zero-order valence-corrected chi connectivity index (χ0v) is 22.1. The number of nitrogens with zero attached hydrogens (tertiary/aromatic N) is 2. The summed E-state index contributed by atoms with van der Waals surface area (Å²) in [7, 11) is 0. The summed E-state index contributed by atoms with van der Waals surface area (Å²) in [5, 5.41) is 17.8. The Balaban J connectivity index is 0. The number of carboxylic acids is 2. The summed E-state index contributed by atoms with van der Waals surface area (Å²) in [5.74, 6) is -2.17. The van der Waals surface area contributed by atoms with Gasteiger partial charge in [-0.3, -0.25) is 4.99 Å². The van der Waals surface area contributed by atoms with Crippen LogP contribution in [0.15, 0.2) is 17.1 Å². The normalized spacial score (nSPS) is 23.4. The van der Waals surface area contributed by atoms with Gasteiger partial charge < -0.3 is 24.7 Å². The van der Waals surface area contributed by atoms with E-state index in [2.05, 4.69) is 28.3 Å². The third-order valence-corrected chi connectivity index (χ3v) is 5.14. The van der Waals surface area contributed by atoms with Gasteiger partial charge in [0.15, 0.2) is 0 Å². The second kappa shape index (κ2) is 24.2. The van der Waals surface area contributed by atoms with Crippen molar-refractivity contribution in [3.63, 3.8) is 0 Å². The van der Waals surface area contributed by atoms with E-state index in [-0.39, 0.29) is 37.7 Å². The van der Waals surface area contributed by atoms with Gasteiger partial charge >= 0.3 is 37.7 Å². The van der Waals surface area contributed by atoms with Gasteiger partial charge in [0.05, 0.1) is 0 Å². The molecule has 1 unspecified atom stereocenters. The molecule has 0 bridgehead atoms. The quantitative estimate of drug-likeness (QED) is 0.441. The van der Waals surface area contributed by atoms with Gasteiger partial charge in [0, 0.05) is 31.1 Å². The number of rotatable bonds is 1. The van der Waals surface area contributed by atoms with Gasteiger partial charge in [-0.05, 0) is 90.8 Å². The van der Waals surface area contributed by atoms with Crippen molar-refractivity contribution in [3.8, 4) is 0 Å². The molecule has 6 nitrogen and oxygen atoms in total. The monoisotopic (exact) mass is 462 g/mol. The molecule has 7 heteroatoms. The van der Waals surface area contributed by atoms with E-state index in [1.54, 1.807) is 0 Å². The van der Waals surface area contributed by atoms with Gasteiger partial charge in [-0.25, -0.2) is 0 Å². The molecule has 0 aromatic heterocycles. The minimum Gasteiger partial charge on any atom is -0.550 e. The van der Waals surface area contributed by atoms with E-state index >= 15 is 0 Å². The fourth-order valence-electron chi connectivity index (χ4n) is 3.79. The zero-order chi connectivity index (χ0) is 22.5. The van der Waals surface area contributed by atoms with E-state index in [1.165, 1.54) is 96.6 Å². The van der Waals surface area contributed by atoms with Crippen molar-refractivity contribution >= 4 is 55.9 Å². The van der Waals surface area contributed by atoms with Gasteiger partial charge in [0.25, 0.3) is 0 Å². The fraction of sp³-hybridized carbons (Fsp3) is 0.792. The van der Waals surface area contributed by atoms with Crippen LogP contribution in [0.3, 0.4) is 0 Å². The van der Waals surface area contributed by atoms with Crippen LogP contribution in [0.2, 0.25) is 0 Å². The molecule has 1 aliphatic heterocycles. The largest absolute Gasteiger partial charge is 2.00 e. The summed E-state index contributed by atoms with van der Waals surface area (Å²) in [5.41, 5.74) is 0. The van der Waals surface area contributed by atoms with E-state index in [0.717, 1.165) is 26.4 Å². The molecular weight excluding hydrogens is 420 g/mol. The number of aliphatic carboxylic acids is 2. The van der Waals surface area contributed by atoms with E-state index in [1.807, 2.05) is 0 Å². The molecule has 174 valence electrons. The summed E-state index contributed by atoms with van der Waals surface area (Å²) >= 11 is 0. The van der Waals surface area contributed by atoms with E-state index in [4.69, 9.17) is 19.8 Å². The second-order valence-electron chi connectivity index (χ2n) is 8.00. The Morgan fingerprint density at radius 2 is 1.29 bits per heavy atom. The third kappa shape index (κ3) is 25.7. The fourth-order valence-corrected chi connectivity index (χ4v) is 3.79. The molecule has 0 aromatic rings. The summed E-state index contributed by atoms with van der Waals surface area (Å²) in [6.07, 6.45) is 24.5. The zero-order valence-electron chi connectivity index (χ0n) is 19.9. The average Bonchev–Trinajstić information content (AvgIpc) is 2.77. The first-order valence-electron chi connectivity index (χ1n) is 11.7. The summed E-state index contributed by atoms with van der Waals surface area (Å²) in [6, 6.07) is 0.830. The molecule has 0 saturated heterocycles. The topological polar surface area (TPSA) is 95.9 Å². The first-order chi connectivity index (χ1) is 14.4. The molecule has 0 saturated carbocycles. The number of allylic oxidation sites excluding steroid dienone is 2. The minimum atomic E-state index is -1.08. The second-order valence-corrected chi connectivity index (χ2v) is 8.00. The van der Waals surface area contributed by atoms with Crippen LogP contribution in [0.5, 0.6) is 0 Å². The molecule has 2 aliphatic rings. The maximum atomic E-state index is 8.89. The van der Waals surface area contributed by atoms with Crippen molar-refractivity contribution < 1.29 is 19.8 Å². The summed E-state index contributed by atoms with van der Waals surface area (Å²) < 4.78 is 0. The molecule has 0 amide bonds. The van der Waals surface area contributed by atoms with Crippen LogP contribution < -0.4 is 10.2 Å². The van der Waals surface area contributed by atoms with Crippen molar-refractivity contribution in [2.24, 2.45) is 4.99 Å². The smallest absolute Gasteiger partial charge is 0.550 e. The Hall–Kier alpha value is -0.430. The average molecular weight is 463 g/mol. The number of hydrogen-bond donors (Lipinski definition) is 0. The molecule has 0 spiro atoms. The Morgan fingerprint density at radius 3 is 1.97 bits per heavy atom. The van der Waals surface area contributed by atoms with E-state index < -0.39 is 11.9 Å². The molecule has 1 aliphatic carbocycles. The van der Waals surface area contributed by atoms with Gasteiger partial charge in [-0.2, -0.15) is 0 Å². The molecular formula is C24H42CaN2O4. The van der Waals surface area contributed by atoms with Gasteiger partial charge in [0.2, 0.25) is 0 Å². The van der Waals surface area contributed by atoms with Gasteiger partial charge in [0.1, 0.15) is 0 Å².